The lowest BCUT2D eigenvalue weighted by Crippen LogP contribution is -2.38. The third-order valence-electron chi connectivity index (χ3n) is 5.37. The van der Waals surface area contributed by atoms with Gasteiger partial charge in [0, 0.05) is 12.0 Å². The molecule has 2 aromatic rings. The molecule has 1 unspecified atom stereocenters. The second-order valence-corrected chi connectivity index (χ2v) is 7.10. The quantitative estimate of drug-likeness (QED) is 0.868. The van der Waals surface area contributed by atoms with Gasteiger partial charge >= 0.3 is 12.1 Å². The summed E-state index contributed by atoms with van der Waals surface area (Å²) >= 11 is 0. The number of hydrogen-bond donors (Lipinski definition) is 2. The molecule has 0 aromatic heterocycles. The maximum Gasteiger partial charge on any atom is 0.410 e. The molecule has 1 aliphatic carbocycles. The number of carboxylic acid groups (broad SMARTS) is 1. The molecule has 0 spiro atoms. The van der Waals surface area contributed by atoms with Crippen molar-refractivity contribution in [3.63, 3.8) is 0 Å². The van der Waals surface area contributed by atoms with Gasteiger partial charge in [-0.05, 0) is 28.7 Å². The van der Waals surface area contributed by atoms with Crippen molar-refractivity contribution >= 4 is 12.1 Å². The zero-order chi connectivity index (χ0) is 19.0. The zero-order valence-corrected chi connectivity index (χ0v) is 14.7. The molecule has 0 saturated carbocycles. The van der Waals surface area contributed by atoms with E-state index < -0.39 is 24.2 Å². The van der Waals surface area contributed by atoms with E-state index in [0.29, 0.717) is 0 Å². The topological polar surface area (TPSA) is 87.1 Å². The number of carbonyl (C=O) groups excluding carboxylic acids is 1. The van der Waals surface area contributed by atoms with E-state index in [1.165, 1.54) is 4.90 Å². The standard InChI is InChI=1S/C21H21NO5/c23-14-9-13(10-20(24)25)22(11-14)21(26)27-12-19-17-7-3-1-5-15(17)16-6-2-4-8-18(16)19/h1-8,13-14,19,23H,9-12H2,(H,24,25)/t13?,14-/m1/s1. The number of amides is 1. The highest BCUT2D eigenvalue weighted by Crippen LogP contribution is 2.44. The zero-order valence-electron chi connectivity index (χ0n) is 14.7. The minimum absolute atomic E-state index is 0.0493. The van der Waals surface area contributed by atoms with Crippen LogP contribution in [-0.2, 0) is 9.53 Å². The van der Waals surface area contributed by atoms with E-state index >= 15 is 0 Å². The third-order valence-corrected chi connectivity index (χ3v) is 5.37. The Hall–Kier alpha value is -2.86. The molecule has 1 aliphatic heterocycles. The third kappa shape index (κ3) is 3.28. The van der Waals surface area contributed by atoms with Gasteiger partial charge in [-0.3, -0.25) is 4.79 Å². The van der Waals surface area contributed by atoms with Crippen LogP contribution in [0.5, 0.6) is 0 Å². The number of β-amino-alcohol motifs (C(OH)–C–C–N with tert-alkyl or cyclic N) is 1. The first kappa shape index (κ1) is 17.5. The van der Waals surface area contributed by atoms with Crippen molar-refractivity contribution in [3.8, 4) is 11.1 Å². The summed E-state index contributed by atoms with van der Waals surface area (Å²) in [4.78, 5) is 24.9. The Kier molecular flexibility index (Phi) is 4.58. The molecule has 0 radical (unpaired) electrons. The van der Waals surface area contributed by atoms with E-state index in [9.17, 15) is 14.7 Å². The van der Waals surface area contributed by atoms with Crippen LogP contribution in [0.2, 0.25) is 0 Å². The molecule has 140 valence electrons. The Balaban J connectivity index is 1.50. The van der Waals surface area contributed by atoms with Gasteiger partial charge in [0.25, 0.3) is 0 Å². The normalized spacial score (nSPS) is 21.0. The monoisotopic (exact) mass is 367 g/mol. The molecule has 6 heteroatoms. The largest absolute Gasteiger partial charge is 0.481 e. The number of likely N-dealkylation sites (tertiary alicyclic amines) is 1. The van der Waals surface area contributed by atoms with Gasteiger partial charge in [0.2, 0.25) is 0 Å². The molecule has 1 heterocycles. The van der Waals surface area contributed by atoms with E-state index in [1.54, 1.807) is 0 Å². The van der Waals surface area contributed by atoms with Crippen LogP contribution >= 0.6 is 0 Å². The highest BCUT2D eigenvalue weighted by molar-refractivity contribution is 5.79. The van der Waals surface area contributed by atoms with Crippen LogP contribution in [0, 0.1) is 0 Å². The summed E-state index contributed by atoms with van der Waals surface area (Å²) in [6.45, 7) is 0.286. The SMILES string of the molecule is O=C(O)CC1C[C@@H](O)CN1C(=O)OCC1c2ccccc2-c2ccccc21. The summed E-state index contributed by atoms with van der Waals surface area (Å²) in [5, 5.41) is 18.8. The average Bonchev–Trinajstić information content (AvgIpc) is 3.17. The fourth-order valence-electron chi connectivity index (χ4n) is 4.19. The van der Waals surface area contributed by atoms with E-state index in [0.717, 1.165) is 22.3 Å². The Morgan fingerprint density at radius 3 is 2.22 bits per heavy atom. The summed E-state index contributed by atoms with van der Waals surface area (Å²) in [5.74, 6) is -1.04. The predicted octanol–water partition coefficient (Wildman–Crippen LogP) is 2.85. The van der Waals surface area contributed by atoms with E-state index in [1.807, 2.05) is 36.4 Å². The molecule has 1 fully saturated rings. The van der Waals surface area contributed by atoms with Crippen LogP contribution in [0.3, 0.4) is 0 Å². The highest BCUT2D eigenvalue weighted by Gasteiger charge is 2.37. The van der Waals surface area contributed by atoms with Gasteiger partial charge in [-0.25, -0.2) is 4.79 Å². The molecule has 2 N–H and O–H groups in total. The number of nitrogens with zero attached hydrogens (tertiary/aromatic N) is 1. The van der Waals surface area contributed by atoms with E-state index in [-0.39, 0.29) is 31.9 Å². The van der Waals surface area contributed by atoms with Crippen LogP contribution in [0.25, 0.3) is 11.1 Å². The van der Waals surface area contributed by atoms with Crippen LogP contribution in [0.15, 0.2) is 48.5 Å². The number of hydrogen-bond acceptors (Lipinski definition) is 4. The Morgan fingerprint density at radius 2 is 1.63 bits per heavy atom. The van der Waals surface area contributed by atoms with Crippen LogP contribution in [0.1, 0.15) is 29.9 Å². The number of aliphatic hydroxyl groups is 1. The summed E-state index contributed by atoms with van der Waals surface area (Å²) in [6, 6.07) is 15.6. The van der Waals surface area contributed by atoms with Gasteiger partial charge in [0.05, 0.1) is 19.1 Å². The van der Waals surface area contributed by atoms with Gasteiger partial charge in [0.1, 0.15) is 6.61 Å². The molecular formula is C21H21NO5. The van der Waals surface area contributed by atoms with E-state index in [2.05, 4.69) is 12.1 Å². The second-order valence-electron chi connectivity index (χ2n) is 7.10. The Morgan fingerprint density at radius 1 is 1.04 bits per heavy atom. The van der Waals surface area contributed by atoms with Gasteiger partial charge in [-0.2, -0.15) is 0 Å². The first-order chi connectivity index (χ1) is 13.0. The summed E-state index contributed by atoms with van der Waals surface area (Å²) in [7, 11) is 0. The lowest BCUT2D eigenvalue weighted by atomic mass is 9.98. The fourth-order valence-corrected chi connectivity index (χ4v) is 4.19. The number of aliphatic hydroxyl groups excluding tert-OH is 1. The molecule has 4 rings (SSSR count). The first-order valence-corrected chi connectivity index (χ1v) is 9.06. The average molecular weight is 367 g/mol. The second kappa shape index (κ2) is 7.04. The lowest BCUT2D eigenvalue weighted by molar-refractivity contribution is -0.138. The van der Waals surface area contributed by atoms with Gasteiger partial charge in [0.15, 0.2) is 0 Å². The number of ether oxygens (including phenoxy) is 1. The maximum absolute atomic E-state index is 12.6. The van der Waals surface area contributed by atoms with Crippen molar-refractivity contribution in [2.75, 3.05) is 13.2 Å². The molecular weight excluding hydrogens is 346 g/mol. The molecule has 2 atom stereocenters. The highest BCUT2D eigenvalue weighted by atomic mass is 16.6. The van der Waals surface area contributed by atoms with Gasteiger partial charge in [-0.15, -0.1) is 0 Å². The summed E-state index contributed by atoms with van der Waals surface area (Å²) in [6.07, 6.45) is -1.22. The minimum Gasteiger partial charge on any atom is -0.481 e. The van der Waals surface area contributed by atoms with Crippen LogP contribution in [-0.4, -0.2) is 52.5 Å². The Bertz CT molecular complexity index is 835. The number of carboxylic acids is 1. The Labute approximate surface area is 157 Å². The molecule has 2 aromatic carbocycles. The van der Waals surface area contributed by atoms with Crippen molar-refractivity contribution in [1.82, 2.24) is 4.90 Å². The molecule has 27 heavy (non-hydrogen) atoms. The minimum atomic E-state index is -0.995. The smallest absolute Gasteiger partial charge is 0.410 e. The molecule has 1 saturated heterocycles. The van der Waals surface area contributed by atoms with Gasteiger partial charge < -0.3 is 19.8 Å². The van der Waals surface area contributed by atoms with Crippen molar-refractivity contribution in [3.05, 3.63) is 59.7 Å². The molecule has 0 bridgehead atoms. The van der Waals surface area contributed by atoms with Crippen molar-refractivity contribution in [2.45, 2.75) is 30.9 Å². The number of fused-ring (bicyclic) bond motifs is 3. The fraction of sp³-hybridized carbons (Fsp3) is 0.333. The molecule has 6 nitrogen and oxygen atoms in total. The lowest BCUT2D eigenvalue weighted by Gasteiger charge is -2.23. The molecule has 2 aliphatic rings. The van der Waals surface area contributed by atoms with Crippen LogP contribution < -0.4 is 0 Å². The van der Waals surface area contributed by atoms with Crippen molar-refractivity contribution < 1.29 is 24.5 Å². The van der Waals surface area contributed by atoms with E-state index in [4.69, 9.17) is 9.84 Å². The van der Waals surface area contributed by atoms with Crippen LogP contribution in [0.4, 0.5) is 4.79 Å². The maximum atomic E-state index is 12.6. The first-order valence-electron chi connectivity index (χ1n) is 9.06. The van der Waals surface area contributed by atoms with Crippen molar-refractivity contribution in [1.29, 1.82) is 0 Å². The summed E-state index contributed by atoms with van der Waals surface area (Å²) < 4.78 is 5.57. The van der Waals surface area contributed by atoms with Crippen molar-refractivity contribution in [2.24, 2.45) is 0 Å². The number of rotatable bonds is 4. The number of aliphatic carboxylic acids is 1. The van der Waals surface area contributed by atoms with Gasteiger partial charge in [-0.1, -0.05) is 48.5 Å². The number of benzene rings is 2. The molecule has 1 amide bonds. The predicted molar refractivity (Wildman–Crippen MR) is 98.4 cm³/mol. The summed E-state index contributed by atoms with van der Waals surface area (Å²) in [5.41, 5.74) is 4.54. The number of carbonyl (C=O) groups is 2.